The van der Waals surface area contributed by atoms with Gasteiger partial charge in [-0.3, -0.25) is 9.36 Å². The zero-order valence-corrected chi connectivity index (χ0v) is 15.6. The monoisotopic (exact) mass is 370 g/mol. The van der Waals surface area contributed by atoms with Gasteiger partial charge in [-0.05, 0) is 49.9 Å². The van der Waals surface area contributed by atoms with Crippen molar-refractivity contribution in [2.45, 2.75) is 58.4 Å². The van der Waals surface area contributed by atoms with Crippen LogP contribution in [0.15, 0.2) is 23.0 Å². The van der Waals surface area contributed by atoms with Crippen LogP contribution in [0.3, 0.4) is 0 Å². The van der Waals surface area contributed by atoms with Gasteiger partial charge in [0, 0.05) is 12.5 Å². The van der Waals surface area contributed by atoms with Crippen LogP contribution < -0.4 is 10.3 Å². The summed E-state index contributed by atoms with van der Waals surface area (Å²) in [6.45, 7) is 4.13. The standard InChI is InChI=1S/C20H23FN4O2/c1-3-10-25-19(26)16-18(23-17(22-16)13-6-4-5-7-13)24-20(25)27-14-8-9-15(21)12(2)11-14/h8-9,11,13H,3-7,10H2,1-2H3,(H,22,23). The number of hydrogen-bond donors (Lipinski definition) is 1. The Balaban J connectivity index is 1.78. The molecule has 0 bridgehead atoms. The minimum Gasteiger partial charge on any atom is -0.425 e. The second kappa shape index (κ2) is 7.13. The van der Waals surface area contributed by atoms with Crippen LogP contribution in [0.5, 0.6) is 11.8 Å². The van der Waals surface area contributed by atoms with Crippen molar-refractivity contribution >= 4 is 11.2 Å². The summed E-state index contributed by atoms with van der Waals surface area (Å²) in [6, 6.07) is 4.66. The molecule has 0 radical (unpaired) electrons. The number of halogens is 1. The Morgan fingerprint density at radius 1 is 1.30 bits per heavy atom. The Hall–Kier alpha value is -2.70. The van der Waals surface area contributed by atoms with Gasteiger partial charge in [-0.1, -0.05) is 19.8 Å². The molecule has 0 saturated heterocycles. The number of rotatable bonds is 5. The van der Waals surface area contributed by atoms with E-state index in [2.05, 4.69) is 15.0 Å². The van der Waals surface area contributed by atoms with Crippen molar-refractivity contribution in [1.82, 2.24) is 19.5 Å². The number of hydrogen-bond acceptors (Lipinski definition) is 4. The summed E-state index contributed by atoms with van der Waals surface area (Å²) < 4.78 is 20.9. The molecule has 0 unspecified atom stereocenters. The predicted molar refractivity (Wildman–Crippen MR) is 101 cm³/mol. The molecule has 1 aliphatic rings. The van der Waals surface area contributed by atoms with E-state index in [9.17, 15) is 9.18 Å². The number of aromatic amines is 1. The van der Waals surface area contributed by atoms with E-state index in [1.807, 2.05) is 6.92 Å². The highest BCUT2D eigenvalue weighted by Gasteiger charge is 2.23. The maximum atomic E-state index is 13.5. The molecule has 142 valence electrons. The molecule has 4 rings (SSSR count). The average Bonchev–Trinajstić information content (AvgIpc) is 3.31. The fourth-order valence-electron chi connectivity index (χ4n) is 3.66. The first-order valence-corrected chi connectivity index (χ1v) is 9.51. The van der Waals surface area contributed by atoms with Crippen molar-refractivity contribution in [3.05, 3.63) is 45.8 Å². The van der Waals surface area contributed by atoms with E-state index in [0.29, 0.717) is 34.9 Å². The van der Waals surface area contributed by atoms with Gasteiger partial charge in [-0.2, -0.15) is 4.98 Å². The highest BCUT2D eigenvalue weighted by molar-refractivity contribution is 5.70. The van der Waals surface area contributed by atoms with E-state index < -0.39 is 0 Å². The molecule has 6 nitrogen and oxygen atoms in total. The van der Waals surface area contributed by atoms with Gasteiger partial charge in [-0.15, -0.1) is 0 Å². The molecular formula is C20H23FN4O2. The van der Waals surface area contributed by atoms with Crippen LogP contribution in [0.4, 0.5) is 4.39 Å². The number of nitrogens with one attached hydrogen (secondary N) is 1. The van der Waals surface area contributed by atoms with E-state index >= 15 is 0 Å². The Bertz CT molecular complexity index is 1030. The van der Waals surface area contributed by atoms with Crippen LogP contribution in [0.25, 0.3) is 11.2 Å². The van der Waals surface area contributed by atoms with E-state index in [1.165, 1.54) is 29.5 Å². The number of aryl methyl sites for hydroxylation is 1. The minimum absolute atomic E-state index is 0.185. The second-order valence-corrected chi connectivity index (χ2v) is 7.17. The van der Waals surface area contributed by atoms with Crippen LogP contribution in [-0.4, -0.2) is 19.5 Å². The van der Waals surface area contributed by atoms with Crippen molar-refractivity contribution in [2.24, 2.45) is 0 Å². The summed E-state index contributed by atoms with van der Waals surface area (Å²) in [5.74, 6) is 1.34. The Morgan fingerprint density at radius 2 is 2.07 bits per heavy atom. The minimum atomic E-state index is -0.301. The maximum absolute atomic E-state index is 13.5. The maximum Gasteiger partial charge on any atom is 0.306 e. The average molecular weight is 370 g/mol. The number of benzene rings is 1. The molecule has 1 N–H and O–H groups in total. The van der Waals surface area contributed by atoms with Gasteiger partial charge in [0.05, 0.1) is 0 Å². The summed E-state index contributed by atoms with van der Waals surface area (Å²) in [5.41, 5.74) is 1.09. The molecule has 3 aromatic rings. The van der Waals surface area contributed by atoms with Crippen molar-refractivity contribution in [2.75, 3.05) is 0 Å². The van der Waals surface area contributed by atoms with E-state index in [1.54, 1.807) is 13.0 Å². The lowest BCUT2D eigenvalue weighted by Gasteiger charge is -2.12. The Kier molecular flexibility index (Phi) is 4.68. The summed E-state index contributed by atoms with van der Waals surface area (Å²) in [4.78, 5) is 25.3. The zero-order chi connectivity index (χ0) is 19.0. The smallest absolute Gasteiger partial charge is 0.306 e. The van der Waals surface area contributed by atoms with Gasteiger partial charge in [-0.25, -0.2) is 9.37 Å². The molecule has 0 amide bonds. The molecule has 0 spiro atoms. The second-order valence-electron chi connectivity index (χ2n) is 7.17. The Morgan fingerprint density at radius 3 is 2.78 bits per heavy atom. The molecule has 27 heavy (non-hydrogen) atoms. The van der Waals surface area contributed by atoms with Gasteiger partial charge in [0.2, 0.25) is 0 Å². The van der Waals surface area contributed by atoms with Gasteiger partial charge in [0.15, 0.2) is 11.2 Å². The van der Waals surface area contributed by atoms with Crippen molar-refractivity contribution < 1.29 is 9.13 Å². The first-order chi connectivity index (χ1) is 13.1. The van der Waals surface area contributed by atoms with Crippen molar-refractivity contribution in [3.8, 4) is 11.8 Å². The molecular weight excluding hydrogens is 347 g/mol. The van der Waals surface area contributed by atoms with Crippen molar-refractivity contribution in [3.63, 3.8) is 0 Å². The zero-order valence-electron chi connectivity index (χ0n) is 15.6. The SMILES string of the molecule is CCCn1c(Oc2ccc(F)c(C)c2)nc2nc(C3CCCC3)[nH]c2c1=O. The molecule has 2 heterocycles. The van der Waals surface area contributed by atoms with Crippen LogP contribution in [-0.2, 0) is 6.54 Å². The highest BCUT2D eigenvalue weighted by atomic mass is 19.1. The number of imidazole rings is 1. The van der Waals surface area contributed by atoms with E-state index in [-0.39, 0.29) is 17.4 Å². The molecule has 7 heteroatoms. The highest BCUT2D eigenvalue weighted by Crippen LogP contribution is 2.33. The lowest BCUT2D eigenvalue weighted by molar-refractivity contribution is 0.397. The van der Waals surface area contributed by atoms with E-state index in [0.717, 1.165) is 25.1 Å². The summed E-state index contributed by atoms with van der Waals surface area (Å²) in [6.07, 6.45) is 5.30. The summed E-state index contributed by atoms with van der Waals surface area (Å²) in [7, 11) is 0. The topological polar surface area (TPSA) is 72.8 Å². The first kappa shape index (κ1) is 17.7. The number of fused-ring (bicyclic) bond motifs is 1. The van der Waals surface area contributed by atoms with Crippen LogP contribution in [0.2, 0.25) is 0 Å². The molecule has 1 fully saturated rings. The molecule has 0 aliphatic heterocycles. The number of nitrogens with zero attached hydrogens (tertiary/aromatic N) is 3. The van der Waals surface area contributed by atoms with Crippen LogP contribution in [0.1, 0.15) is 56.3 Å². The van der Waals surface area contributed by atoms with Gasteiger partial charge < -0.3 is 9.72 Å². The normalized spacial score (nSPS) is 14.9. The van der Waals surface area contributed by atoms with Crippen LogP contribution in [0, 0.1) is 12.7 Å². The van der Waals surface area contributed by atoms with Gasteiger partial charge in [0.1, 0.15) is 17.4 Å². The van der Waals surface area contributed by atoms with Gasteiger partial charge >= 0.3 is 6.01 Å². The Labute approximate surface area is 156 Å². The fourth-order valence-corrected chi connectivity index (χ4v) is 3.66. The molecule has 2 aromatic heterocycles. The quantitative estimate of drug-likeness (QED) is 0.721. The molecule has 1 aromatic carbocycles. The lowest BCUT2D eigenvalue weighted by atomic mass is 10.1. The largest absolute Gasteiger partial charge is 0.425 e. The van der Waals surface area contributed by atoms with E-state index in [4.69, 9.17) is 4.74 Å². The fraction of sp³-hybridized carbons (Fsp3) is 0.450. The van der Waals surface area contributed by atoms with Crippen molar-refractivity contribution in [1.29, 1.82) is 0 Å². The molecule has 0 atom stereocenters. The predicted octanol–water partition coefficient (Wildman–Crippen LogP) is 4.43. The van der Waals surface area contributed by atoms with Gasteiger partial charge in [0.25, 0.3) is 5.56 Å². The molecule has 1 saturated carbocycles. The molecule has 1 aliphatic carbocycles. The third-order valence-corrected chi connectivity index (χ3v) is 5.12. The third-order valence-electron chi connectivity index (χ3n) is 5.12. The van der Waals surface area contributed by atoms with Crippen LogP contribution >= 0.6 is 0 Å². The summed E-state index contributed by atoms with van der Waals surface area (Å²) >= 11 is 0. The summed E-state index contributed by atoms with van der Waals surface area (Å²) in [5, 5.41) is 0. The number of aromatic nitrogens is 4. The first-order valence-electron chi connectivity index (χ1n) is 9.51. The third kappa shape index (κ3) is 3.34. The number of H-pyrrole nitrogens is 1. The number of ether oxygens (including phenoxy) is 1. The lowest BCUT2D eigenvalue weighted by Crippen LogP contribution is -2.23.